The van der Waals surface area contributed by atoms with Crippen LogP contribution in [0.5, 0.6) is 5.75 Å². The van der Waals surface area contributed by atoms with Crippen molar-refractivity contribution in [2.45, 2.75) is 51.6 Å². The molecule has 0 aliphatic heterocycles. The second-order valence-corrected chi connectivity index (χ2v) is 5.34. The SMILES string of the molecule is CC(O)Cc1c(O)c(Cl)cc2c1CCCCC2. The van der Waals surface area contributed by atoms with E-state index in [1.54, 1.807) is 6.92 Å². The summed E-state index contributed by atoms with van der Waals surface area (Å²) in [7, 11) is 0. The molecular weight excluding hydrogens is 236 g/mol. The van der Waals surface area contributed by atoms with Crippen LogP contribution in [0.2, 0.25) is 5.02 Å². The maximum Gasteiger partial charge on any atom is 0.137 e. The first-order chi connectivity index (χ1) is 8.09. The summed E-state index contributed by atoms with van der Waals surface area (Å²) in [5.74, 6) is 0.160. The van der Waals surface area contributed by atoms with E-state index >= 15 is 0 Å². The minimum atomic E-state index is -0.452. The van der Waals surface area contributed by atoms with Crippen LogP contribution in [-0.4, -0.2) is 16.3 Å². The topological polar surface area (TPSA) is 40.5 Å². The number of aliphatic hydroxyl groups excluding tert-OH is 1. The molecule has 0 heterocycles. The molecule has 0 fully saturated rings. The average Bonchev–Trinajstić information content (AvgIpc) is 2.49. The van der Waals surface area contributed by atoms with E-state index in [-0.39, 0.29) is 5.75 Å². The van der Waals surface area contributed by atoms with Crippen molar-refractivity contribution in [2.75, 3.05) is 0 Å². The zero-order valence-electron chi connectivity index (χ0n) is 10.2. The molecule has 1 aromatic carbocycles. The molecule has 0 saturated heterocycles. The van der Waals surface area contributed by atoms with E-state index < -0.39 is 6.10 Å². The van der Waals surface area contributed by atoms with E-state index in [1.807, 2.05) is 6.07 Å². The number of phenols is 1. The molecule has 1 aliphatic carbocycles. The Labute approximate surface area is 107 Å². The van der Waals surface area contributed by atoms with Gasteiger partial charge in [-0.25, -0.2) is 0 Å². The van der Waals surface area contributed by atoms with Gasteiger partial charge in [-0.05, 0) is 49.8 Å². The molecule has 0 amide bonds. The lowest BCUT2D eigenvalue weighted by Crippen LogP contribution is -2.09. The van der Waals surface area contributed by atoms with Gasteiger partial charge in [-0.15, -0.1) is 0 Å². The summed E-state index contributed by atoms with van der Waals surface area (Å²) in [6, 6.07) is 1.89. The van der Waals surface area contributed by atoms with Gasteiger partial charge in [-0.1, -0.05) is 18.0 Å². The summed E-state index contributed by atoms with van der Waals surface area (Å²) in [5.41, 5.74) is 3.32. The highest BCUT2D eigenvalue weighted by atomic mass is 35.5. The van der Waals surface area contributed by atoms with E-state index in [4.69, 9.17) is 11.6 Å². The standard InChI is InChI=1S/C14H19ClO2/c1-9(16)7-12-11-6-4-2-3-5-10(11)8-13(15)14(12)17/h8-9,16-17H,2-7H2,1H3. The molecule has 1 aliphatic rings. The van der Waals surface area contributed by atoms with Gasteiger partial charge in [0.1, 0.15) is 5.75 Å². The molecule has 2 nitrogen and oxygen atoms in total. The van der Waals surface area contributed by atoms with Crippen molar-refractivity contribution in [1.29, 1.82) is 0 Å². The van der Waals surface area contributed by atoms with Crippen molar-refractivity contribution < 1.29 is 10.2 Å². The highest BCUT2D eigenvalue weighted by Gasteiger charge is 2.19. The molecule has 2 N–H and O–H groups in total. The fourth-order valence-corrected chi connectivity index (χ4v) is 2.88. The van der Waals surface area contributed by atoms with E-state index in [1.165, 1.54) is 24.0 Å². The second kappa shape index (κ2) is 5.28. The molecule has 0 radical (unpaired) electrons. The van der Waals surface area contributed by atoms with Gasteiger partial charge in [-0.2, -0.15) is 0 Å². The number of aromatic hydroxyl groups is 1. The van der Waals surface area contributed by atoms with Crippen molar-refractivity contribution in [1.82, 2.24) is 0 Å². The summed E-state index contributed by atoms with van der Waals surface area (Å²) in [5, 5.41) is 20.0. The lowest BCUT2D eigenvalue weighted by molar-refractivity contribution is 0.194. The Morgan fingerprint density at radius 2 is 2.00 bits per heavy atom. The third-order valence-corrected chi connectivity index (χ3v) is 3.73. The molecule has 0 spiro atoms. The Bertz CT molecular complexity index is 413. The minimum Gasteiger partial charge on any atom is -0.506 e. The molecule has 1 aromatic rings. The van der Waals surface area contributed by atoms with Crippen LogP contribution in [0.4, 0.5) is 0 Å². The fourth-order valence-electron chi connectivity index (χ4n) is 2.63. The summed E-state index contributed by atoms with van der Waals surface area (Å²) in [6.45, 7) is 1.74. The number of halogens is 1. The average molecular weight is 255 g/mol. The Morgan fingerprint density at radius 3 is 2.71 bits per heavy atom. The summed E-state index contributed by atoms with van der Waals surface area (Å²) >= 11 is 6.06. The zero-order valence-corrected chi connectivity index (χ0v) is 10.9. The summed E-state index contributed by atoms with van der Waals surface area (Å²) in [4.78, 5) is 0. The third kappa shape index (κ3) is 2.75. The van der Waals surface area contributed by atoms with Crippen molar-refractivity contribution in [3.63, 3.8) is 0 Å². The Hall–Kier alpha value is -0.730. The Kier molecular flexibility index (Phi) is 3.95. The minimum absolute atomic E-state index is 0.160. The molecule has 94 valence electrons. The lowest BCUT2D eigenvalue weighted by atomic mass is 9.93. The Morgan fingerprint density at radius 1 is 1.29 bits per heavy atom. The van der Waals surface area contributed by atoms with Crippen molar-refractivity contribution in [3.8, 4) is 5.75 Å². The number of hydrogen-bond donors (Lipinski definition) is 2. The number of rotatable bonds is 2. The number of benzene rings is 1. The molecule has 3 heteroatoms. The van der Waals surface area contributed by atoms with Crippen molar-refractivity contribution in [2.24, 2.45) is 0 Å². The quantitative estimate of drug-likeness (QED) is 0.796. The van der Waals surface area contributed by atoms with Crippen LogP contribution in [0.25, 0.3) is 0 Å². The summed E-state index contributed by atoms with van der Waals surface area (Å²) in [6.07, 6.45) is 5.61. The largest absolute Gasteiger partial charge is 0.506 e. The second-order valence-electron chi connectivity index (χ2n) is 4.94. The number of aliphatic hydroxyl groups is 1. The highest BCUT2D eigenvalue weighted by molar-refractivity contribution is 6.32. The number of phenolic OH excluding ortho intramolecular Hbond substituents is 1. The van der Waals surface area contributed by atoms with Gasteiger partial charge in [0.15, 0.2) is 0 Å². The maximum absolute atomic E-state index is 10.1. The predicted molar refractivity (Wildman–Crippen MR) is 69.8 cm³/mol. The van der Waals surface area contributed by atoms with Crippen LogP contribution in [0.1, 0.15) is 42.9 Å². The molecule has 1 unspecified atom stereocenters. The van der Waals surface area contributed by atoms with Crippen molar-refractivity contribution >= 4 is 11.6 Å². The van der Waals surface area contributed by atoms with E-state index in [9.17, 15) is 10.2 Å². The molecule has 0 bridgehead atoms. The first kappa shape index (κ1) is 12.7. The maximum atomic E-state index is 10.1. The molecular formula is C14H19ClO2. The van der Waals surface area contributed by atoms with Gasteiger partial charge in [0.05, 0.1) is 11.1 Å². The molecule has 17 heavy (non-hydrogen) atoms. The highest BCUT2D eigenvalue weighted by Crippen LogP contribution is 2.36. The van der Waals surface area contributed by atoms with Gasteiger partial charge < -0.3 is 10.2 Å². The van der Waals surface area contributed by atoms with Crippen LogP contribution in [0.15, 0.2) is 6.07 Å². The van der Waals surface area contributed by atoms with Crippen LogP contribution >= 0.6 is 11.6 Å². The molecule has 0 aromatic heterocycles. The van der Waals surface area contributed by atoms with Gasteiger partial charge in [-0.3, -0.25) is 0 Å². The summed E-state index contributed by atoms with van der Waals surface area (Å²) < 4.78 is 0. The lowest BCUT2D eigenvalue weighted by Gasteiger charge is -2.17. The van der Waals surface area contributed by atoms with Crippen LogP contribution in [0.3, 0.4) is 0 Å². The monoisotopic (exact) mass is 254 g/mol. The number of aryl methyl sites for hydroxylation is 1. The fraction of sp³-hybridized carbons (Fsp3) is 0.571. The zero-order chi connectivity index (χ0) is 12.4. The van der Waals surface area contributed by atoms with Gasteiger partial charge in [0.2, 0.25) is 0 Å². The van der Waals surface area contributed by atoms with Crippen LogP contribution < -0.4 is 0 Å². The van der Waals surface area contributed by atoms with E-state index in [2.05, 4.69) is 0 Å². The van der Waals surface area contributed by atoms with Gasteiger partial charge >= 0.3 is 0 Å². The third-order valence-electron chi connectivity index (χ3n) is 3.44. The predicted octanol–water partition coefficient (Wildman–Crippen LogP) is 3.24. The van der Waals surface area contributed by atoms with Crippen LogP contribution in [-0.2, 0) is 19.3 Å². The molecule has 2 rings (SSSR count). The van der Waals surface area contributed by atoms with Crippen molar-refractivity contribution in [3.05, 3.63) is 27.8 Å². The number of hydrogen-bond acceptors (Lipinski definition) is 2. The van der Waals surface area contributed by atoms with Crippen LogP contribution in [0, 0.1) is 0 Å². The van der Waals surface area contributed by atoms with Gasteiger partial charge in [0, 0.05) is 12.0 Å². The first-order valence-corrected chi connectivity index (χ1v) is 6.67. The van der Waals surface area contributed by atoms with E-state index in [0.29, 0.717) is 11.4 Å². The first-order valence-electron chi connectivity index (χ1n) is 6.29. The normalized spacial score (nSPS) is 17.4. The number of fused-ring (bicyclic) bond motifs is 1. The molecule has 0 saturated carbocycles. The Balaban J connectivity index is 2.49. The van der Waals surface area contributed by atoms with Gasteiger partial charge in [0.25, 0.3) is 0 Å². The van der Waals surface area contributed by atoms with E-state index in [0.717, 1.165) is 24.8 Å². The molecule has 1 atom stereocenters. The smallest absolute Gasteiger partial charge is 0.137 e.